The van der Waals surface area contributed by atoms with Crippen LogP contribution in [0, 0.1) is 12.3 Å². The van der Waals surface area contributed by atoms with E-state index < -0.39 is 5.97 Å². The van der Waals surface area contributed by atoms with Crippen LogP contribution in [0.4, 0.5) is 0 Å². The summed E-state index contributed by atoms with van der Waals surface area (Å²) >= 11 is 0. The highest BCUT2D eigenvalue weighted by atomic mass is 16.4. The number of carboxylic acids is 1. The zero-order valence-corrected chi connectivity index (χ0v) is 8.96. The van der Waals surface area contributed by atoms with Gasteiger partial charge in [0.2, 0.25) is 5.91 Å². The predicted molar refractivity (Wildman–Crippen MR) is 57.1 cm³/mol. The van der Waals surface area contributed by atoms with E-state index in [1.54, 1.807) is 0 Å². The molecule has 0 unspecified atom stereocenters. The molecule has 0 bridgehead atoms. The van der Waals surface area contributed by atoms with Crippen LogP contribution in [-0.4, -0.2) is 23.5 Å². The molecule has 0 spiro atoms. The van der Waals surface area contributed by atoms with Crippen molar-refractivity contribution in [1.82, 2.24) is 5.32 Å². The van der Waals surface area contributed by atoms with Gasteiger partial charge in [-0.05, 0) is 20.3 Å². The van der Waals surface area contributed by atoms with Crippen LogP contribution in [-0.2, 0) is 9.59 Å². The Balaban J connectivity index is 4.18. The molecule has 15 heavy (non-hydrogen) atoms. The average Bonchev–Trinajstić information content (AvgIpc) is 2.21. The lowest BCUT2D eigenvalue weighted by Gasteiger charge is -2.05. The van der Waals surface area contributed by atoms with E-state index in [-0.39, 0.29) is 17.1 Å². The highest BCUT2D eigenvalue weighted by Crippen LogP contribution is 2.03. The van der Waals surface area contributed by atoms with Crippen LogP contribution in [0.15, 0.2) is 11.1 Å². The molecule has 0 rings (SSSR count). The van der Waals surface area contributed by atoms with E-state index >= 15 is 0 Å². The molecule has 1 amide bonds. The standard InChI is InChI=1S/C11H15NO3/c1-4-5-6-7-12-10(13)8(2)9(3)11(14)15/h1H,5-7H2,2-3H3,(H,12,13)(H,14,15). The Morgan fingerprint density at radius 3 is 2.40 bits per heavy atom. The normalized spacial score (nSPS) is 11.3. The van der Waals surface area contributed by atoms with Gasteiger partial charge in [0.15, 0.2) is 0 Å². The molecule has 0 aliphatic rings. The third kappa shape index (κ3) is 4.87. The van der Waals surface area contributed by atoms with Crippen molar-refractivity contribution in [3.05, 3.63) is 11.1 Å². The Hall–Kier alpha value is -1.76. The minimum Gasteiger partial charge on any atom is -0.478 e. The van der Waals surface area contributed by atoms with Crippen LogP contribution in [0.3, 0.4) is 0 Å². The number of amides is 1. The number of terminal acetylenes is 1. The van der Waals surface area contributed by atoms with Crippen LogP contribution < -0.4 is 5.32 Å². The summed E-state index contributed by atoms with van der Waals surface area (Å²) < 4.78 is 0. The van der Waals surface area contributed by atoms with Crippen molar-refractivity contribution in [3.8, 4) is 12.3 Å². The van der Waals surface area contributed by atoms with Gasteiger partial charge in [0, 0.05) is 24.1 Å². The number of nitrogens with one attached hydrogen (secondary N) is 1. The van der Waals surface area contributed by atoms with Gasteiger partial charge in [-0.1, -0.05) is 0 Å². The average molecular weight is 209 g/mol. The molecule has 2 N–H and O–H groups in total. The van der Waals surface area contributed by atoms with Crippen LogP contribution in [0.1, 0.15) is 26.7 Å². The second kappa shape index (κ2) is 6.66. The van der Waals surface area contributed by atoms with E-state index in [1.165, 1.54) is 13.8 Å². The fraction of sp³-hybridized carbons (Fsp3) is 0.455. The SMILES string of the molecule is C#CCCCNC(=O)C(C)=C(C)C(=O)O. The molecule has 0 aliphatic carbocycles. The zero-order chi connectivity index (χ0) is 11.8. The van der Waals surface area contributed by atoms with Gasteiger partial charge in [-0.2, -0.15) is 0 Å². The Morgan fingerprint density at radius 2 is 1.93 bits per heavy atom. The summed E-state index contributed by atoms with van der Waals surface area (Å²) in [4.78, 5) is 21.9. The monoisotopic (exact) mass is 209 g/mol. The molecule has 0 aromatic carbocycles. The number of carboxylic acid groups (broad SMARTS) is 1. The Morgan fingerprint density at radius 1 is 1.33 bits per heavy atom. The Labute approximate surface area is 89.4 Å². The van der Waals surface area contributed by atoms with Gasteiger partial charge in [0.1, 0.15) is 0 Å². The lowest BCUT2D eigenvalue weighted by Crippen LogP contribution is -2.26. The van der Waals surface area contributed by atoms with Gasteiger partial charge in [-0.25, -0.2) is 4.79 Å². The largest absolute Gasteiger partial charge is 0.478 e. The van der Waals surface area contributed by atoms with Gasteiger partial charge < -0.3 is 10.4 Å². The summed E-state index contributed by atoms with van der Waals surface area (Å²) in [5.41, 5.74) is 0.285. The number of hydrogen-bond acceptors (Lipinski definition) is 2. The number of hydrogen-bond donors (Lipinski definition) is 2. The van der Waals surface area contributed by atoms with Gasteiger partial charge in [-0.15, -0.1) is 12.3 Å². The fourth-order valence-electron chi connectivity index (χ4n) is 0.856. The van der Waals surface area contributed by atoms with Crippen LogP contribution in [0.2, 0.25) is 0 Å². The molecule has 0 heterocycles. The summed E-state index contributed by atoms with van der Waals surface area (Å²) in [6.45, 7) is 3.35. The molecule has 0 saturated heterocycles. The first-order chi connectivity index (χ1) is 7.00. The molecule has 0 saturated carbocycles. The zero-order valence-electron chi connectivity index (χ0n) is 8.96. The van der Waals surface area contributed by atoms with Gasteiger partial charge in [0.25, 0.3) is 0 Å². The summed E-state index contributed by atoms with van der Waals surface area (Å²) in [6, 6.07) is 0. The summed E-state index contributed by atoms with van der Waals surface area (Å²) in [5, 5.41) is 11.2. The van der Waals surface area contributed by atoms with Crippen molar-refractivity contribution in [1.29, 1.82) is 0 Å². The van der Waals surface area contributed by atoms with Gasteiger partial charge >= 0.3 is 5.97 Å². The number of aliphatic carboxylic acids is 1. The lowest BCUT2D eigenvalue weighted by atomic mass is 10.1. The highest BCUT2D eigenvalue weighted by Gasteiger charge is 2.11. The number of rotatable bonds is 5. The van der Waals surface area contributed by atoms with Crippen molar-refractivity contribution in [2.75, 3.05) is 6.54 Å². The molecule has 0 aromatic rings. The Bertz CT molecular complexity index is 323. The van der Waals surface area contributed by atoms with Crippen LogP contribution in [0.5, 0.6) is 0 Å². The first-order valence-corrected chi connectivity index (χ1v) is 4.63. The summed E-state index contributed by atoms with van der Waals surface area (Å²) in [5.74, 6) is 1.02. The number of unbranched alkanes of at least 4 members (excludes halogenated alkanes) is 1. The fourth-order valence-corrected chi connectivity index (χ4v) is 0.856. The molecule has 4 heteroatoms. The van der Waals surface area contributed by atoms with E-state index in [1.807, 2.05) is 0 Å². The summed E-state index contributed by atoms with van der Waals surface area (Å²) in [6.07, 6.45) is 6.34. The van der Waals surface area contributed by atoms with Crippen molar-refractivity contribution < 1.29 is 14.7 Å². The second-order valence-electron chi connectivity index (χ2n) is 3.12. The molecule has 0 radical (unpaired) electrons. The summed E-state index contributed by atoms with van der Waals surface area (Å²) in [7, 11) is 0. The number of carbonyl (C=O) groups excluding carboxylic acids is 1. The first kappa shape index (κ1) is 13.2. The molecule has 0 aromatic heterocycles. The molecule has 0 aliphatic heterocycles. The Kier molecular flexibility index (Phi) is 5.88. The quantitative estimate of drug-likeness (QED) is 0.402. The van der Waals surface area contributed by atoms with Crippen LogP contribution in [0.25, 0.3) is 0 Å². The maximum atomic E-state index is 11.4. The second-order valence-corrected chi connectivity index (χ2v) is 3.12. The third-order valence-corrected chi connectivity index (χ3v) is 2.01. The van der Waals surface area contributed by atoms with E-state index in [2.05, 4.69) is 11.2 Å². The lowest BCUT2D eigenvalue weighted by molar-refractivity contribution is -0.133. The van der Waals surface area contributed by atoms with Crippen molar-refractivity contribution in [2.45, 2.75) is 26.7 Å². The maximum Gasteiger partial charge on any atom is 0.331 e. The minimum absolute atomic E-state index is 0.0597. The highest BCUT2D eigenvalue weighted by molar-refractivity contribution is 6.01. The number of carbonyl (C=O) groups is 2. The van der Waals surface area contributed by atoms with E-state index in [4.69, 9.17) is 11.5 Å². The first-order valence-electron chi connectivity index (χ1n) is 4.63. The van der Waals surface area contributed by atoms with E-state index in [0.717, 1.165) is 0 Å². The maximum absolute atomic E-state index is 11.4. The smallest absolute Gasteiger partial charge is 0.331 e. The third-order valence-electron chi connectivity index (χ3n) is 2.01. The molecule has 4 nitrogen and oxygen atoms in total. The molecule has 82 valence electrons. The van der Waals surface area contributed by atoms with Crippen LogP contribution >= 0.6 is 0 Å². The van der Waals surface area contributed by atoms with E-state index in [0.29, 0.717) is 19.4 Å². The predicted octanol–water partition coefficient (Wildman–Crippen LogP) is 0.937. The molecule has 0 atom stereocenters. The molecular formula is C11H15NO3. The molecular weight excluding hydrogens is 194 g/mol. The van der Waals surface area contributed by atoms with Gasteiger partial charge in [0.05, 0.1) is 0 Å². The van der Waals surface area contributed by atoms with Gasteiger partial charge in [-0.3, -0.25) is 4.79 Å². The van der Waals surface area contributed by atoms with Crippen molar-refractivity contribution in [2.24, 2.45) is 0 Å². The van der Waals surface area contributed by atoms with E-state index in [9.17, 15) is 9.59 Å². The van der Waals surface area contributed by atoms with Crippen molar-refractivity contribution >= 4 is 11.9 Å². The van der Waals surface area contributed by atoms with Crippen molar-refractivity contribution in [3.63, 3.8) is 0 Å². The topological polar surface area (TPSA) is 66.4 Å². The minimum atomic E-state index is -1.08. The molecule has 0 fully saturated rings.